The lowest BCUT2D eigenvalue weighted by molar-refractivity contribution is -0.242. The number of amides is 1. The number of carbonyl (C=O) groups is 1. The van der Waals surface area contributed by atoms with Crippen molar-refractivity contribution in [2.24, 2.45) is 0 Å². The Morgan fingerprint density at radius 2 is 1.87 bits per heavy atom. The van der Waals surface area contributed by atoms with Gasteiger partial charge in [-0.25, -0.2) is 0 Å². The summed E-state index contributed by atoms with van der Waals surface area (Å²) in [6.45, 7) is 1.61. The number of ether oxygens (including phenoxy) is 4. The van der Waals surface area contributed by atoms with E-state index in [1.54, 1.807) is 18.2 Å². The molecule has 0 saturated carbocycles. The molecule has 2 aliphatic rings. The summed E-state index contributed by atoms with van der Waals surface area (Å²) < 4.78 is 22.9. The highest BCUT2D eigenvalue weighted by molar-refractivity contribution is 7.98. The highest BCUT2D eigenvalue weighted by Crippen LogP contribution is 2.51. The van der Waals surface area contributed by atoms with Crippen LogP contribution in [0.25, 0.3) is 11.1 Å². The van der Waals surface area contributed by atoms with E-state index in [1.165, 1.54) is 32.9 Å². The van der Waals surface area contributed by atoms with Crippen molar-refractivity contribution in [3.63, 3.8) is 0 Å². The zero-order valence-corrected chi connectivity index (χ0v) is 22.5. The Morgan fingerprint density at radius 3 is 2.53 bits per heavy atom. The second-order valence-corrected chi connectivity index (χ2v) is 10.1. The number of aliphatic hydroxyl groups is 3. The van der Waals surface area contributed by atoms with Crippen molar-refractivity contribution < 1.29 is 39.1 Å². The highest BCUT2D eigenvalue weighted by Gasteiger charge is 2.40. The first-order chi connectivity index (χ1) is 18.2. The first kappa shape index (κ1) is 28.2. The standard InChI is InChI=1S/C27H33NO9S/c1-13(29)28-11-15-6-5-14-9-20(37-27-24(33)23(32)19(31)12-36-27)25(34-2)26(35-3)22(14)16-7-8-21(38-4)18(30)10-17(15)16/h7-10,15,19,23-24,27,31-33H,5-6,11-12H2,1-4H3,(H,28,29)/t15-,19-,23-,24+,27?/m1/s1. The summed E-state index contributed by atoms with van der Waals surface area (Å²) in [6.07, 6.45) is -2.38. The number of fused-ring (bicyclic) bond motifs is 3. The third-order valence-electron chi connectivity index (χ3n) is 6.92. The summed E-state index contributed by atoms with van der Waals surface area (Å²) in [5, 5.41) is 33.2. The Balaban J connectivity index is 1.88. The molecule has 1 aliphatic carbocycles. The summed E-state index contributed by atoms with van der Waals surface area (Å²) in [4.78, 5) is 25.3. The molecule has 1 aliphatic heterocycles. The van der Waals surface area contributed by atoms with E-state index < -0.39 is 24.6 Å². The number of rotatable bonds is 7. The maximum atomic E-state index is 13.0. The van der Waals surface area contributed by atoms with E-state index in [1.807, 2.05) is 12.3 Å². The average Bonchev–Trinajstić information content (AvgIpc) is 3.14. The van der Waals surface area contributed by atoms with Crippen LogP contribution in [0.3, 0.4) is 0 Å². The molecular weight excluding hydrogens is 514 g/mol. The van der Waals surface area contributed by atoms with E-state index in [9.17, 15) is 24.9 Å². The summed E-state index contributed by atoms with van der Waals surface area (Å²) in [5.74, 6) is 0.544. The van der Waals surface area contributed by atoms with Crippen LogP contribution >= 0.6 is 11.8 Å². The minimum absolute atomic E-state index is 0.106. The van der Waals surface area contributed by atoms with Gasteiger partial charge in [0.15, 0.2) is 16.9 Å². The van der Waals surface area contributed by atoms with Crippen LogP contribution in [-0.4, -0.2) is 79.5 Å². The number of nitrogens with one attached hydrogen (secondary N) is 1. The molecular formula is C27H33NO9S. The maximum absolute atomic E-state index is 13.0. The van der Waals surface area contributed by atoms with Crippen LogP contribution in [0.2, 0.25) is 0 Å². The van der Waals surface area contributed by atoms with Gasteiger partial charge in [-0.15, -0.1) is 11.8 Å². The number of aliphatic hydroxyl groups excluding tert-OH is 3. The van der Waals surface area contributed by atoms with Gasteiger partial charge < -0.3 is 39.6 Å². The van der Waals surface area contributed by atoms with Crippen LogP contribution in [0.15, 0.2) is 34.0 Å². The van der Waals surface area contributed by atoms with Crippen molar-refractivity contribution in [3.8, 4) is 28.4 Å². The van der Waals surface area contributed by atoms with Crippen molar-refractivity contribution >= 4 is 17.7 Å². The van der Waals surface area contributed by atoms with E-state index in [2.05, 4.69) is 5.32 Å². The van der Waals surface area contributed by atoms with E-state index >= 15 is 0 Å². The summed E-state index contributed by atoms with van der Waals surface area (Å²) in [7, 11) is 2.96. The molecule has 0 radical (unpaired) electrons. The molecule has 1 saturated heterocycles. The average molecular weight is 548 g/mol. The monoisotopic (exact) mass is 547 g/mol. The van der Waals surface area contributed by atoms with Crippen LogP contribution < -0.4 is 25.0 Å². The normalized spacial score (nSPS) is 24.4. The molecule has 10 nitrogen and oxygen atoms in total. The zero-order valence-electron chi connectivity index (χ0n) is 21.7. The molecule has 0 aromatic heterocycles. The van der Waals surface area contributed by atoms with Gasteiger partial charge in [0.2, 0.25) is 17.9 Å². The van der Waals surface area contributed by atoms with Gasteiger partial charge in [-0.1, -0.05) is 6.07 Å². The minimum Gasteiger partial charge on any atom is -0.492 e. The van der Waals surface area contributed by atoms with Gasteiger partial charge in [0.25, 0.3) is 0 Å². The number of thioether (sulfide) groups is 1. The third kappa shape index (κ3) is 5.48. The fourth-order valence-electron chi connectivity index (χ4n) is 4.97. The van der Waals surface area contributed by atoms with Crippen LogP contribution in [0.4, 0.5) is 0 Å². The number of aryl methyl sites for hydroxylation is 1. The van der Waals surface area contributed by atoms with Crippen LogP contribution in [0.1, 0.15) is 30.4 Å². The lowest BCUT2D eigenvalue weighted by Crippen LogP contribution is -2.54. The van der Waals surface area contributed by atoms with Crippen molar-refractivity contribution in [1.29, 1.82) is 0 Å². The number of hydrogen-bond donors (Lipinski definition) is 4. The van der Waals surface area contributed by atoms with E-state index in [4.69, 9.17) is 18.9 Å². The predicted molar refractivity (Wildman–Crippen MR) is 141 cm³/mol. The zero-order chi connectivity index (χ0) is 27.6. The molecule has 1 heterocycles. The first-order valence-corrected chi connectivity index (χ1v) is 13.5. The largest absolute Gasteiger partial charge is 0.492 e. The Morgan fingerprint density at radius 1 is 1.13 bits per heavy atom. The molecule has 11 heteroatoms. The van der Waals surface area contributed by atoms with Crippen LogP contribution in [0.5, 0.6) is 17.2 Å². The third-order valence-corrected chi connectivity index (χ3v) is 7.70. The van der Waals surface area contributed by atoms with Gasteiger partial charge in [-0.3, -0.25) is 9.59 Å². The lowest BCUT2D eigenvalue weighted by atomic mass is 9.92. The number of hydrogen-bond acceptors (Lipinski definition) is 10. The maximum Gasteiger partial charge on any atom is 0.229 e. The Hall–Kier alpha value is -2.83. The van der Waals surface area contributed by atoms with Gasteiger partial charge in [0, 0.05) is 24.9 Å². The molecule has 38 heavy (non-hydrogen) atoms. The molecule has 2 aromatic rings. The molecule has 0 bridgehead atoms. The second-order valence-electron chi connectivity index (χ2n) is 9.30. The van der Waals surface area contributed by atoms with Crippen LogP contribution in [-0.2, 0) is 16.0 Å². The molecule has 206 valence electrons. The summed E-state index contributed by atoms with van der Waals surface area (Å²) in [6, 6.07) is 7.08. The van der Waals surface area contributed by atoms with Gasteiger partial charge in [0.1, 0.15) is 18.3 Å². The Kier molecular flexibility index (Phi) is 8.84. The van der Waals surface area contributed by atoms with Gasteiger partial charge in [-0.05, 0) is 54.0 Å². The summed E-state index contributed by atoms with van der Waals surface area (Å²) in [5.41, 5.74) is 3.05. The second kappa shape index (κ2) is 11.9. The smallest absolute Gasteiger partial charge is 0.229 e. The molecule has 2 aromatic carbocycles. The van der Waals surface area contributed by atoms with E-state index in [0.717, 1.165) is 22.3 Å². The van der Waals surface area contributed by atoms with Crippen molar-refractivity contribution in [1.82, 2.24) is 5.32 Å². The summed E-state index contributed by atoms with van der Waals surface area (Å²) >= 11 is 1.36. The fourth-order valence-corrected chi connectivity index (χ4v) is 5.43. The topological polar surface area (TPSA) is 144 Å². The molecule has 1 fully saturated rings. The quantitative estimate of drug-likeness (QED) is 0.376. The van der Waals surface area contributed by atoms with Gasteiger partial charge >= 0.3 is 0 Å². The van der Waals surface area contributed by atoms with Crippen molar-refractivity contribution in [2.75, 3.05) is 33.6 Å². The number of benzene rings is 1. The van der Waals surface area contributed by atoms with Crippen LogP contribution in [0, 0.1) is 0 Å². The highest BCUT2D eigenvalue weighted by atomic mass is 32.2. The van der Waals surface area contributed by atoms with Crippen molar-refractivity contribution in [3.05, 3.63) is 45.6 Å². The van der Waals surface area contributed by atoms with E-state index in [0.29, 0.717) is 30.0 Å². The Bertz CT molecular complexity index is 1250. The van der Waals surface area contributed by atoms with Gasteiger partial charge in [-0.2, -0.15) is 0 Å². The first-order valence-electron chi connectivity index (χ1n) is 12.3. The minimum atomic E-state index is -1.49. The molecule has 0 spiro atoms. The number of carbonyl (C=O) groups excluding carboxylic acids is 1. The lowest BCUT2D eigenvalue weighted by Gasteiger charge is -2.35. The van der Waals surface area contributed by atoms with Gasteiger partial charge in [0.05, 0.1) is 25.7 Å². The Labute approximate surface area is 224 Å². The number of methoxy groups -OCH3 is 2. The molecule has 1 amide bonds. The fraction of sp³-hybridized carbons (Fsp3) is 0.481. The molecule has 5 atom stereocenters. The molecule has 1 unspecified atom stereocenters. The van der Waals surface area contributed by atoms with E-state index in [-0.39, 0.29) is 35.4 Å². The predicted octanol–water partition coefficient (Wildman–Crippen LogP) is 1.44. The SMILES string of the molecule is COc1c(OC2OC[C@@H](O)[C@@H](O)[C@@H]2O)cc2c(c1OC)-c1ccc(SC)c(=O)cc1[C@@H](CNC(C)=O)CC2. The molecule has 4 N–H and O–H groups in total. The molecule has 4 rings (SSSR count). The van der Waals surface area contributed by atoms with Crippen molar-refractivity contribution in [2.45, 2.75) is 55.2 Å².